The lowest BCUT2D eigenvalue weighted by Crippen LogP contribution is -2.43. The van der Waals surface area contributed by atoms with Crippen LogP contribution >= 0.6 is 0 Å². The van der Waals surface area contributed by atoms with Gasteiger partial charge in [-0.2, -0.15) is 0 Å². The Morgan fingerprint density at radius 1 is 1.33 bits per heavy atom. The summed E-state index contributed by atoms with van der Waals surface area (Å²) < 4.78 is 17.6. The smallest absolute Gasteiger partial charge is 0.328 e. The van der Waals surface area contributed by atoms with Crippen molar-refractivity contribution < 1.29 is 18.7 Å². The molecule has 0 fully saturated rings. The molecule has 0 radical (unpaired) electrons. The highest BCUT2D eigenvalue weighted by molar-refractivity contribution is 5.96. The molecule has 0 saturated heterocycles. The molecular formula is C16H18FNO3. The first kappa shape index (κ1) is 15.2. The van der Waals surface area contributed by atoms with Crippen LogP contribution in [0.3, 0.4) is 0 Å². The van der Waals surface area contributed by atoms with Gasteiger partial charge in [-0.1, -0.05) is 18.2 Å². The van der Waals surface area contributed by atoms with E-state index in [-0.39, 0.29) is 18.1 Å². The SMILES string of the molecule is COC(=O)C(Cc1ccc(F)cc1)NC(=O)C1=CCCC1. The number of methoxy groups -OCH3 is 1. The maximum atomic E-state index is 12.9. The van der Waals surface area contributed by atoms with E-state index in [9.17, 15) is 14.0 Å². The van der Waals surface area contributed by atoms with Crippen LogP contribution in [0.25, 0.3) is 0 Å². The minimum atomic E-state index is -0.769. The van der Waals surface area contributed by atoms with Gasteiger partial charge in [-0.3, -0.25) is 4.79 Å². The highest BCUT2D eigenvalue weighted by atomic mass is 19.1. The molecule has 1 N–H and O–H groups in total. The summed E-state index contributed by atoms with van der Waals surface area (Å²) in [4.78, 5) is 23.9. The van der Waals surface area contributed by atoms with Crippen LogP contribution in [0.15, 0.2) is 35.9 Å². The summed E-state index contributed by atoms with van der Waals surface area (Å²) in [5.74, 6) is -1.08. The van der Waals surface area contributed by atoms with Gasteiger partial charge in [0.2, 0.25) is 5.91 Å². The van der Waals surface area contributed by atoms with Gasteiger partial charge in [-0.25, -0.2) is 9.18 Å². The minimum Gasteiger partial charge on any atom is -0.467 e. The zero-order valence-electron chi connectivity index (χ0n) is 11.9. The van der Waals surface area contributed by atoms with Crippen molar-refractivity contribution in [1.29, 1.82) is 0 Å². The van der Waals surface area contributed by atoms with Crippen LogP contribution < -0.4 is 5.32 Å². The van der Waals surface area contributed by atoms with Gasteiger partial charge in [0.15, 0.2) is 0 Å². The van der Waals surface area contributed by atoms with Crippen molar-refractivity contribution in [2.24, 2.45) is 0 Å². The molecule has 112 valence electrons. The molecule has 0 heterocycles. The van der Waals surface area contributed by atoms with Gasteiger partial charge in [-0.05, 0) is 37.0 Å². The van der Waals surface area contributed by atoms with Crippen LogP contribution in [0.1, 0.15) is 24.8 Å². The van der Waals surface area contributed by atoms with Gasteiger partial charge in [0.25, 0.3) is 0 Å². The molecule has 0 aromatic heterocycles. The van der Waals surface area contributed by atoms with Crippen LogP contribution in [0.4, 0.5) is 4.39 Å². The van der Waals surface area contributed by atoms with E-state index in [0.29, 0.717) is 5.57 Å². The summed E-state index contributed by atoms with van der Waals surface area (Å²) >= 11 is 0. The van der Waals surface area contributed by atoms with Crippen LogP contribution in [0.5, 0.6) is 0 Å². The molecule has 0 spiro atoms. The van der Waals surface area contributed by atoms with E-state index in [1.54, 1.807) is 12.1 Å². The predicted octanol–water partition coefficient (Wildman–Crippen LogP) is 2.14. The Bertz CT molecular complexity index is 551. The molecule has 4 nitrogen and oxygen atoms in total. The molecule has 1 aliphatic rings. The van der Waals surface area contributed by atoms with E-state index in [2.05, 4.69) is 5.32 Å². The van der Waals surface area contributed by atoms with E-state index >= 15 is 0 Å². The second-order valence-corrected chi connectivity index (χ2v) is 5.00. The zero-order chi connectivity index (χ0) is 15.2. The van der Waals surface area contributed by atoms with E-state index in [4.69, 9.17) is 4.74 Å². The van der Waals surface area contributed by atoms with E-state index < -0.39 is 12.0 Å². The van der Waals surface area contributed by atoms with Crippen molar-refractivity contribution >= 4 is 11.9 Å². The number of esters is 1. The topological polar surface area (TPSA) is 55.4 Å². The molecule has 21 heavy (non-hydrogen) atoms. The number of carbonyl (C=O) groups excluding carboxylic acids is 2. The molecule has 0 saturated carbocycles. The Hall–Kier alpha value is -2.17. The van der Waals surface area contributed by atoms with E-state index in [0.717, 1.165) is 24.8 Å². The van der Waals surface area contributed by atoms with Gasteiger partial charge < -0.3 is 10.1 Å². The maximum Gasteiger partial charge on any atom is 0.328 e. The quantitative estimate of drug-likeness (QED) is 0.846. The van der Waals surface area contributed by atoms with Gasteiger partial charge >= 0.3 is 5.97 Å². The third-order valence-electron chi connectivity index (χ3n) is 3.48. The second kappa shape index (κ2) is 7.02. The number of benzene rings is 1. The van der Waals surface area contributed by atoms with Crippen molar-refractivity contribution in [3.63, 3.8) is 0 Å². The Morgan fingerprint density at radius 3 is 2.62 bits per heavy atom. The molecule has 2 rings (SSSR count). The van der Waals surface area contributed by atoms with Crippen LogP contribution in [-0.2, 0) is 20.7 Å². The normalized spacial score (nSPS) is 15.2. The first-order chi connectivity index (χ1) is 10.1. The lowest BCUT2D eigenvalue weighted by atomic mass is 10.1. The first-order valence-electron chi connectivity index (χ1n) is 6.92. The lowest BCUT2D eigenvalue weighted by Gasteiger charge is -2.17. The fourth-order valence-electron chi connectivity index (χ4n) is 2.32. The van der Waals surface area contributed by atoms with Gasteiger partial charge in [0, 0.05) is 12.0 Å². The molecule has 1 aliphatic carbocycles. The van der Waals surface area contributed by atoms with Crippen LogP contribution in [0.2, 0.25) is 0 Å². The van der Waals surface area contributed by atoms with Crippen molar-refractivity contribution in [3.8, 4) is 0 Å². The number of amides is 1. The van der Waals surface area contributed by atoms with Crippen molar-refractivity contribution in [2.45, 2.75) is 31.7 Å². The number of nitrogens with one attached hydrogen (secondary N) is 1. The summed E-state index contributed by atoms with van der Waals surface area (Å²) in [7, 11) is 1.28. The van der Waals surface area contributed by atoms with Crippen molar-refractivity contribution in [2.75, 3.05) is 7.11 Å². The number of allylic oxidation sites excluding steroid dienone is 1. The summed E-state index contributed by atoms with van der Waals surface area (Å²) in [6, 6.07) is 5.06. The third-order valence-corrected chi connectivity index (χ3v) is 3.48. The van der Waals surface area contributed by atoms with Gasteiger partial charge in [0.1, 0.15) is 11.9 Å². The Morgan fingerprint density at radius 2 is 2.05 bits per heavy atom. The lowest BCUT2D eigenvalue weighted by molar-refractivity contribution is -0.144. The fourth-order valence-corrected chi connectivity index (χ4v) is 2.32. The maximum absolute atomic E-state index is 12.9. The molecular weight excluding hydrogens is 273 g/mol. The average molecular weight is 291 g/mol. The fraction of sp³-hybridized carbons (Fsp3) is 0.375. The highest BCUT2D eigenvalue weighted by Crippen LogP contribution is 2.18. The Kier molecular flexibility index (Phi) is 5.09. The summed E-state index contributed by atoms with van der Waals surface area (Å²) in [6.45, 7) is 0. The third kappa shape index (κ3) is 4.15. The zero-order valence-corrected chi connectivity index (χ0v) is 11.9. The molecule has 0 aliphatic heterocycles. The number of halogens is 1. The summed E-state index contributed by atoms with van der Waals surface area (Å²) in [5, 5.41) is 2.70. The highest BCUT2D eigenvalue weighted by Gasteiger charge is 2.24. The van der Waals surface area contributed by atoms with Crippen molar-refractivity contribution in [3.05, 3.63) is 47.3 Å². The van der Waals surface area contributed by atoms with E-state index in [1.165, 1.54) is 19.2 Å². The standard InChI is InChI=1S/C16H18FNO3/c1-21-16(20)14(10-11-6-8-13(17)9-7-11)18-15(19)12-4-2-3-5-12/h4,6-9,14H,2-3,5,10H2,1H3,(H,18,19). The van der Waals surface area contributed by atoms with Gasteiger partial charge in [-0.15, -0.1) is 0 Å². The molecule has 1 amide bonds. The van der Waals surface area contributed by atoms with Gasteiger partial charge in [0.05, 0.1) is 7.11 Å². The minimum absolute atomic E-state index is 0.231. The molecule has 0 bridgehead atoms. The number of rotatable bonds is 5. The summed E-state index contributed by atoms with van der Waals surface area (Å²) in [5.41, 5.74) is 1.47. The number of ether oxygens (including phenoxy) is 1. The predicted molar refractivity (Wildman–Crippen MR) is 76.0 cm³/mol. The molecule has 5 heteroatoms. The Labute approximate surface area is 123 Å². The largest absolute Gasteiger partial charge is 0.467 e. The monoisotopic (exact) mass is 291 g/mol. The average Bonchev–Trinajstić information content (AvgIpc) is 3.02. The van der Waals surface area contributed by atoms with Crippen LogP contribution in [-0.4, -0.2) is 25.0 Å². The van der Waals surface area contributed by atoms with Crippen molar-refractivity contribution in [1.82, 2.24) is 5.32 Å². The molecule has 1 atom stereocenters. The number of hydrogen-bond donors (Lipinski definition) is 1. The first-order valence-corrected chi connectivity index (χ1v) is 6.92. The summed E-state index contributed by atoms with van der Waals surface area (Å²) in [6.07, 6.45) is 4.75. The van der Waals surface area contributed by atoms with Crippen LogP contribution in [0, 0.1) is 5.82 Å². The second-order valence-electron chi connectivity index (χ2n) is 5.00. The number of hydrogen-bond acceptors (Lipinski definition) is 3. The molecule has 1 aromatic rings. The molecule has 1 aromatic carbocycles. The van der Waals surface area contributed by atoms with E-state index in [1.807, 2.05) is 6.08 Å². The number of carbonyl (C=O) groups is 2. The molecule has 1 unspecified atom stereocenters. The Balaban J connectivity index is 2.05.